The van der Waals surface area contributed by atoms with Crippen molar-refractivity contribution in [1.82, 2.24) is 9.80 Å². The molecule has 25 heavy (non-hydrogen) atoms. The summed E-state index contributed by atoms with van der Waals surface area (Å²) in [5.41, 5.74) is 7.93. The summed E-state index contributed by atoms with van der Waals surface area (Å²) in [7, 11) is 0. The van der Waals surface area contributed by atoms with Crippen molar-refractivity contribution in [2.75, 3.05) is 37.7 Å². The van der Waals surface area contributed by atoms with E-state index < -0.39 is 0 Å². The van der Waals surface area contributed by atoms with Gasteiger partial charge < -0.3 is 15.5 Å². The molecule has 0 bridgehead atoms. The van der Waals surface area contributed by atoms with E-state index in [-0.39, 0.29) is 29.9 Å². The molecule has 2 saturated heterocycles. The van der Waals surface area contributed by atoms with Crippen molar-refractivity contribution in [2.45, 2.75) is 25.8 Å². The quantitative estimate of drug-likeness (QED) is 0.416. The number of rotatable bonds is 3. The number of nitrogens with zero attached hydrogens (tertiary/aromatic N) is 3. The Balaban J connectivity index is 0.00000225. The first kappa shape index (κ1) is 20.4. The second-order valence-electron chi connectivity index (χ2n) is 6.32. The van der Waals surface area contributed by atoms with E-state index in [9.17, 15) is 4.79 Å². The van der Waals surface area contributed by atoms with Crippen molar-refractivity contribution in [3.05, 3.63) is 35.4 Å². The number of amides is 1. The fraction of sp³-hybridized carbons (Fsp3) is 0.556. The lowest BCUT2D eigenvalue weighted by Gasteiger charge is -2.27. The Hall–Kier alpha value is -0.960. The number of nitrogens with two attached hydrogens (primary N) is 1. The van der Waals surface area contributed by atoms with Gasteiger partial charge in [-0.1, -0.05) is 12.1 Å². The molecule has 0 aliphatic carbocycles. The van der Waals surface area contributed by atoms with Crippen LogP contribution in [0.3, 0.4) is 0 Å². The van der Waals surface area contributed by atoms with Gasteiger partial charge in [0.2, 0.25) is 0 Å². The van der Waals surface area contributed by atoms with Crippen LogP contribution in [0.1, 0.15) is 35.2 Å². The third-order valence-electron chi connectivity index (χ3n) is 4.60. The smallest absolute Gasteiger partial charge is 0.253 e. The molecule has 1 aromatic rings. The fourth-order valence-corrected chi connectivity index (χ4v) is 4.00. The lowest BCUT2D eigenvalue weighted by atomic mass is 10.1. The molecule has 2 N–H and O–H groups in total. The number of thioether (sulfide) groups is 1. The Labute approximate surface area is 171 Å². The lowest BCUT2D eigenvalue weighted by Crippen LogP contribution is -2.42. The van der Waals surface area contributed by atoms with Gasteiger partial charge in [-0.2, -0.15) is 11.8 Å². The highest BCUT2D eigenvalue weighted by atomic mass is 127. The molecule has 1 aromatic carbocycles. The molecule has 0 spiro atoms. The maximum atomic E-state index is 12.5. The molecule has 0 saturated carbocycles. The van der Waals surface area contributed by atoms with Crippen LogP contribution in [0.25, 0.3) is 0 Å². The SMILES string of the molecule is I.NC(=NCc1ccc(C(=O)N2CCCCC2)cc1)N1CCSCC1. The molecule has 5 nitrogen and oxygen atoms in total. The standard InChI is InChI=1S/C18H26N4OS.HI/c19-18(22-10-12-24-13-11-22)20-14-15-4-6-16(7-5-15)17(23)21-8-2-1-3-9-21;/h4-7H,1-3,8-14H2,(H2,19,20);1H. The predicted molar refractivity (Wildman–Crippen MR) is 116 cm³/mol. The number of halogens is 1. The number of guanidine groups is 1. The van der Waals surface area contributed by atoms with E-state index in [4.69, 9.17) is 5.73 Å². The molecule has 0 aromatic heterocycles. The van der Waals surface area contributed by atoms with Gasteiger partial charge in [0.1, 0.15) is 0 Å². The summed E-state index contributed by atoms with van der Waals surface area (Å²) in [6, 6.07) is 7.80. The van der Waals surface area contributed by atoms with E-state index in [1.165, 1.54) is 6.42 Å². The average molecular weight is 474 g/mol. The minimum absolute atomic E-state index is 0. The van der Waals surface area contributed by atoms with Gasteiger partial charge in [0.05, 0.1) is 6.54 Å². The Morgan fingerprint density at radius 3 is 2.28 bits per heavy atom. The average Bonchev–Trinajstić information content (AvgIpc) is 2.67. The summed E-state index contributed by atoms with van der Waals surface area (Å²) in [6.45, 7) is 4.28. The number of hydrogen-bond donors (Lipinski definition) is 1. The maximum absolute atomic E-state index is 12.5. The lowest BCUT2D eigenvalue weighted by molar-refractivity contribution is 0.0724. The summed E-state index contributed by atoms with van der Waals surface area (Å²) >= 11 is 1.96. The van der Waals surface area contributed by atoms with Crippen LogP contribution >= 0.6 is 35.7 Å². The normalized spacial score (nSPS) is 18.6. The van der Waals surface area contributed by atoms with Gasteiger partial charge in [-0.15, -0.1) is 24.0 Å². The molecule has 7 heteroatoms. The molecule has 0 unspecified atom stereocenters. The zero-order valence-corrected chi connectivity index (χ0v) is 17.7. The molecule has 1 amide bonds. The molecule has 2 aliphatic heterocycles. The largest absolute Gasteiger partial charge is 0.370 e. The number of likely N-dealkylation sites (tertiary alicyclic amines) is 1. The van der Waals surface area contributed by atoms with E-state index in [1.807, 2.05) is 40.9 Å². The van der Waals surface area contributed by atoms with Gasteiger partial charge in [-0.25, -0.2) is 4.99 Å². The Kier molecular flexibility index (Phi) is 8.35. The maximum Gasteiger partial charge on any atom is 0.253 e. The van der Waals surface area contributed by atoms with Crippen molar-refractivity contribution in [1.29, 1.82) is 0 Å². The molecular formula is C18H27IN4OS. The topological polar surface area (TPSA) is 61.9 Å². The molecule has 2 heterocycles. The highest BCUT2D eigenvalue weighted by Gasteiger charge is 2.18. The van der Waals surface area contributed by atoms with Crippen LogP contribution in [-0.2, 0) is 6.54 Å². The van der Waals surface area contributed by atoms with Gasteiger partial charge in [0.25, 0.3) is 5.91 Å². The number of hydrogen-bond acceptors (Lipinski definition) is 3. The van der Waals surface area contributed by atoms with Crippen molar-refractivity contribution < 1.29 is 4.79 Å². The summed E-state index contributed by atoms with van der Waals surface area (Å²) in [6.07, 6.45) is 3.47. The zero-order chi connectivity index (χ0) is 16.8. The first-order valence-electron chi connectivity index (χ1n) is 8.75. The van der Waals surface area contributed by atoms with E-state index in [2.05, 4.69) is 9.89 Å². The molecule has 3 rings (SSSR count). The molecule has 2 aliphatic rings. The third kappa shape index (κ3) is 5.77. The Bertz CT molecular complexity index is 581. The van der Waals surface area contributed by atoms with Crippen LogP contribution in [0.4, 0.5) is 0 Å². The first-order chi connectivity index (χ1) is 11.7. The molecule has 138 valence electrons. The Morgan fingerprint density at radius 2 is 1.64 bits per heavy atom. The van der Waals surface area contributed by atoms with E-state index >= 15 is 0 Å². The van der Waals surface area contributed by atoms with Crippen molar-refractivity contribution in [3.63, 3.8) is 0 Å². The molecule has 0 radical (unpaired) electrons. The second kappa shape index (κ2) is 10.3. The van der Waals surface area contributed by atoms with E-state index in [0.29, 0.717) is 12.5 Å². The zero-order valence-electron chi connectivity index (χ0n) is 14.5. The Morgan fingerprint density at radius 1 is 1.00 bits per heavy atom. The summed E-state index contributed by atoms with van der Waals surface area (Å²) in [5, 5.41) is 0. The highest BCUT2D eigenvalue weighted by Crippen LogP contribution is 2.14. The minimum Gasteiger partial charge on any atom is -0.370 e. The van der Waals surface area contributed by atoms with Gasteiger partial charge in [-0.3, -0.25) is 4.79 Å². The summed E-state index contributed by atoms with van der Waals surface area (Å²) < 4.78 is 0. The second-order valence-corrected chi connectivity index (χ2v) is 7.55. The monoisotopic (exact) mass is 474 g/mol. The van der Waals surface area contributed by atoms with Crippen molar-refractivity contribution in [3.8, 4) is 0 Å². The van der Waals surface area contributed by atoms with Crippen LogP contribution in [0, 0.1) is 0 Å². The third-order valence-corrected chi connectivity index (χ3v) is 5.55. The van der Waals surface area contributed by atoms with Crippen LogP contribution < -0.4 is 5.73 Å². The number of carbonyl (C=O) groups is 1. The summed E-state index contributed by atoms with van der Waals surface area (Å²) in [5.74, 6) is 3.01. The minimum atomic E-state index is 0. The van der Waals surface area contributed by atoms with Gasteiger partial charge in [0, 0.05) is 43.2 Å². The van der Waals surface area contributed by atoms with E-state index in [0.717, 1.165) is 61.7 Å². The molecule has 0 atom stereocenters. The van der Waals surface area contributed by atoms with Crippen molar-refractivity contribution in [2.24, 2.45) is 10.7 Å². The number of piperidine rings is 1. The molecule has 2 fully saturated rings. The summed E-state index contributed by atoms with van der Waals surface area (Å²) in [4.78, 5) is 21.1. The van der Waals surface area contributed by atoms with Crippen molar-refractivity contribution >= 4 is 47.6 Å². The van der Waals surface area contributed by atoms with Crippen LogP contribution in [0.15, 0.2) is 29.3 Å². The highest BCUT2D eigenvalue weighted by molar-refractivity contribution is 14.0. The van der Waals surface area contributed by atoms with Gasteiger partial charge in [0.15, 0.2) is 5.96 Å². The number of aliphatic imine (C=N–C) groups is 1. The van der Waals surface area contributed by atoms with Crippen LogP contribution in [0.5, 0.6) is 0 Å². The predicted octanol–water partition coefficient (Wildman–Crippen LogP) is 2.79. The number of benzene rings is 1. The van der Waals surface area contributed by atoms with Crippen LogP contribution in [-0.4, -0.2) is 59.4 Å². The fourth-order valence-electron chi connectivity index (χ4n) is 3.10. The van der Waals surface area contributed by atoms with Gasteiger partial charge in [-0.05, 0) is 37.0 Å². The van der Waals surface area contributed by atoms with Gasteiger partial charge >= 0.3 is 0 Å². The van der Waals surface area contributed by atoms with E-state index in [1.54, 1.807) is 0 Å². The number of carbonyl (C=O) groups excluding carboxylic acids is 1. The first-order valence-corrected chi connectivity index (χ1v) is 9.90. The van der Waals surface area contributed by atoms with Crippen LogP contribution in [0.2, 0.25) is 0 Å². The molecular weight excluding hydrogens is 447 g/mol.